The van der Waals surface area contributed by atoms with Crippen LogP contribution in [0.4, 0.5) is 0 Å². The number of hydrogen-bond acceptors (Lipinski definition) is 1. The van der Waals surface area contributed by atoms with E-state index in [1.165, 1.54) is 16.5 Å². The third-order valence-corrected chi connectivity index (χ3v) is 4.91. The van der Waals surface area contributed by atoms with Crippen molar-refractivity contribution in [1.82, 2.24) is 10.3 Å². The number of rotatable bonds is 6. The molecule has 130 valence electrons. The number of para-hydroxylation sites is 1. The Morgan fingerprint density at radius 1 is 1.08 bits per heavy atom. The normalized spacial score (nSPS) is 12.9. The number of aromatic amines is 1. The second-order valence-electron chi connectivity index (χ2n) is 7.43. The van der Waals surface area contributed by atoms with Gasteiger partial charge in [-0.25, -0.2) is 0 Å². The minimum absolute atomic E-state index is 0.0641. The molecule has 3 aromatic rings. The summed E-state index contributed by atoms with van der Waals surface area (Å²) in [5.41, 5.74) is 3.47. The largest absolute Gasteiger partial charge is 0.361 e. The molecule has 1 aromatic heterocycles. The maximum absolute atomic E-state index is 12.6. The highest BCUT2D eigenvalue weighted by atomic mass is 16.1. The zero-order valence-corrected chi connectivity index (χ0v) is 15.2. The van der Waals surface area contributed by atoms with Crippen LogP contribution in [0.15, 0.2) is 60.8 Å². The number of hydrogen-bond donors (Lipinski definition) is 2. The molecule has 0 saturated heterocycles. The van der Waals surface area contributed by atoms with Crippen LogP contribution in [0, 0.1) is 5.92 Å². The Morgan fingerprint density at radius 2 is 1.76 bits per heavy atom. The molecule has 1 atom stereocenters. The van der Waals surface area contributed by atoms with Gasteiger partial charge in [0.25, 0.3) is 0 Å². The van der Waals surface area contributed by atoms with Gasteiger partial charge in [0.15, 0.2) is 0 Å². The van der Waals surface area contributed by atoms with E-state index in [0.29, 0.717) is 6.54 Å². The van der Waals surface area contributed by atoms with E-state index < -0.39 is 0 Å². The molecular formula is C22H26N2O. The topological polar surface area (TPSA) is 44.9 Å². The van der Waals surface area contributed by atoms with Crippen LogP contribution in [-0.4, -0.2) is 17.4 Å². The van der Waals surface area contributed by atoms with Crippen LogP contribution in [0.25, 0.3) is 10.9 Å². The van der Waals surface area contributed by atoms with Crippen LogP contribution in [0.3, 0.4) is 0 Å². The van der Waals surface area contributed by atoms with E-state index >= 15 is 0 Å². The van der Waals surface area contributed by atoms with Crippen LogP contribution in [0.2, 0.25) is 0 Å². The fourth-order valence-corrected chi connectivity index (χ4v) is 3.20. The lowest BCUT2D eigenvalue weighted by atomic mass is 9.84. The number of nitrogens with one attached hydrogen (secondary N) is 2. The molecule has 1 amide bonds. The van der Waals surface area contributed by atoms with E-state index in [2.05, 4.69) is 48.4 Å². The van der Waals surface area contributed by atoms with E-state index in [9.17, 15) is 4.79 Å². The van der Waals surface area contributed by atoms with Gasteiger partial charge in [-0.15, -0.1) is 0 Å². The summed E-state index contributed by atoms with van der Waals surface area (Å²) >= 11 is 0. The summed E-state index contributed by atoms with van der Waals surface area (Å²) in [5, 5.41) is 4.33. The van der Waals surface area contributed by atoms with Gasteiger partial charge in [-0.05, 0) is 23.6 Å². The molecule has 0 spiro atoms. The Labute approximate surface area is 149 Å². The predicted molar refractivity (Wildman–Crippen MR) is 104 cm³/mol. The minimum Gasteiger partial charge on any atom is -0.361 e. The Balaban J connectivity index is 1.61. The van der Waals surface area contributed by atoms with Crippen molar-refractivity contribution in [3.05, 3.63) is 71.9 Å². The molecule has 0 aliphatic heterocycles. The molecule has 3 rings (SSSR count). The summed E-state index contributed by atoms with van der Waals surface area (Å²) in [6.45, 7) is 6.95. The van der Waals surface area contributed by atoms with E-state index in [0.717, 1.165) is 11.9 Å². The van der Waals surface area contributed by atoms with E-state index in [4.69, 9.17) is 0 Å². The zero-order valence-electron chi connectivity index (χ0n) is 15.2. The first-order chi connectivity index (χ1) is 12.0. The van der Waals surface area contributed by atoms with Crippen molar-refractivity contribution >= 4 is 16.8 Å². The van der Waals surface area contributed by atoms with Crippen molar-refractivity contribution in [3.63, 3.8) is 0 Å². The van der Waals surface area contributed by atoms with Crippen molar-refractivity contribution in [2.24, 2.45) is 5.92 Å². The number of aromatic nitrogens is 1. The van der Waals surface area contributed by atoms with Gasteiger partial charge < -0.3 is 10.3 Å². The molecule has 0 saturated carbocycles. The summed E-state index contributed by atoms with van der Waals surface area (Å²) in [5.74, 6) is 0.0417. The Hall–Kier alpha value is -2.55. The first-order valence-electron chi connectivity index (χ1n) is 8.85. The molecule has 2 N–H and O–H groups in total. The highest BCUT2D eigenvalue weighted by molar-refractivity contribution is 5.84. The average Bonchev–Trinajstić information content (AvgIpc) is 3.03. The van der Waals surface area contributed by atoms with Gasteiger partial charge in [-0.2, -0.15) is 0 Å². The quantitative estimate of drug-likeness (QED) is 0.688. The monoisotopic (exact) mass is 334 g/mol. The zero-order chi connectivity index (χ0) is 17.9. The summed E-state index contributed by atoms with van der Waals surface area (Å²) < 4.78 is 0. The fourth-order valence-electron chi connectivity index (χ4n) is 3.20. The molecule has 3 heteroatoms. The van der Waals surface area contributed by atoms with Crippen LogP contribution in [0.5, 0.6) is 0 Å². The van der Waals surface area contributed by atoms with Crippen LogP contribution >= 0.6 is 0 Å². The Bertz CT molecular complexity index is 849. The van der Waals surface area contributed by atoms with Crippen molar-refractivity contribution in [2.75, 3.05) is 6.54 Å². The number of H-pyrrole nitrogens is 1. The fraction of sp³-hybridized carbons (Fsp3) is 0.318. The summed E-state index contributed by atoms with van der Waals surface area (Å²) in [6.07, 6.45) is 2.75. The summed E-state index contributed by atoms with van der Waals surface area (Å²) in [6, 6.07) is 18.5. The summed E-state index contributed by atoms with van der Waals surface area (Å²) in [4.78, 5) is 15.8. The maximum atomic E-state index is 12.6. The van der Waals surface area contributed by atoms with Crippen LogP contribution in [-0.2, 0) is 16.6 Å². The first-order valence-corrected chi connectivity index (χ1v) is 8.85. The third kappa shape index (κ3) is 3.93. The van der Waals surface area contributed by atoms with Gasteiger partial charge >= 0.3 is 0 Å². The lowest BCUT2D eigenvalue weighted by Crippen LogP contribution is -2.39. The maximum Gasteiger partial charge on any atom is 0.223 e. The number of benzene rings is 2. The SMILES string of the molecule is CC(Cc1c[nH]c2ccccc12)C(=O)NCC(C)(C)c1ccccc1. The number of carbonyl (C=O) groups is 1. The van der Waals surface area contributed by atoms with Crippen molar-refractivity contribution < 1.29 is 4.79 Å². The van der Waals surface area contributed by atoms with Gasteiger partial charge in [-0.1, -0.05) is 69.3 Å². The molecule has 0 aliphatic carbocycles. The van der Waals surface area contributed by atoms with Crippen LogP contribution in [0.1, 0.15) is 31.9 Å². The van der Waals surface area contributed by atoms with Gasteiger partial charge in [0.2, 0.25) is 5.91 Å². The second-order valence-corrected chi connectivity index (χ2v) is 7.43. The van der Waals surface area contributed by atoms with Crippen LogP contribution < -0.4 is 5.32 Å². The predicted octanol–water partition coefficient (Wildman–Crippen LogP) is 4.44. The molecule has 25 heavy (non-hydrogen) atoms. The van der Waals surface area contributed by atoms with E-state index in [1.54, 1.807) is 0 Å². The molecule has 2 aromatic carbocycles. The third-order valence-electron chi connectivity index (χ3n) is 4.91. The Morgan fingerprint density at radius 3 is 2.52 bits per heavy atom. The van der Waals surface area contributed by atoms with Crippen molar-refractivity contribution in [2.45, 2.75) is 32.6 Å². The second kappa shape index (κ2) is 7.14. The van der Waals surface area contributed by atoms with Gasteiger partial charge in [0, 0.05) is 35.0 Å². The van der Waals surface area contributed by atoms with Gasteiger partial charge in [-0.3, -0.25) is 4.79 Å². The average molecular weight is 334 g/mol. The smallest absolute Gasteiger partial charge is 0.223 e. The molecule has 0 aliphatic rings. The van der Waals surface area contributed by atoms with Gasteiger partial charge in [0.05, 0.1) is 0 Å². The summed E-state index contributed by atoms with van der Waals surface area (Å²) in [7, 11) is 0. The molecule has 3 nitrogen and oxygen atoms in total. The highest BCUT2D eigenvalue weighted by Crippen LogP contribution is 2.23. The number of amides is 1. The molecule has 0 bridgehead atoms. The number of carbonyl (C=O) groups excluding carboxylic acids is 1. The lowest BCUT2D eigenvalue weighted by molar-refractivity contribution is -0.124. The molecule has 1 heterocycles. The molecule has 0 fully saturated rings. The van der Waals surface area contributed by atoms with E-state index in [1.807, 2.05) is 43.5 Å². The molecule has 0 radical (unpaired) electrons. The highest BCUT2D eigenvalue weighted by Gasteiger charge is 2.23. The Kier molecular flexibility index (Phi) is 4.93. The molecule has 1 unspecified atom stereocenters. The number of fused-ring (bicyclic) bond motifs is 1. The van der Waals surface area contributed by atoms with Gasteiger partial charge in [0.1, 0.15) is 0 Å². The van der Waals surface area contributed by atoms with Crippen molar-refractivity contribution in [3.8, 4) is 0 Å². The standard InChI is InChI=1S/C22H26N2O/c1-16(13-17-14-23-20-12-8-7-11-19(17)20)21(25)24-15-22(2,3)18-9-5-4-6-10-18/h4-12,14,16,23H,13,15H2,1-3H3,(H,24,25). The molecular weight excluding hydrogens is 308 g/mol. The van der Waals surface area contributed by atoms with E-state index in [-0.39, 0.29) is 17.2 Å². The lowest BCUT2D eigenvalue weighted by Gasteiger charge is -2.26. The first kappa shape index (κ1) is 17.3. The minimum atomic E-state index is -0.0859. The van der Waals surface area contributed by atoms with Crippen molar-refractivity contribution in [1.29, 1.82) is 0 Å².